The third-order valence-electron chi connectivity index (χ3n) is 2.64. The fraction of sp³-hybridized carbons (Fsp3) is 0.538. The highest BCUT2D eigenvalue weighted by Crippen LogP contribution is 2.04. The van der Waals surface area contributed by atoms with Crippen LogP contribution in [0.3, 0.4) is 0 Å². The Labute approximate surface area is 108 Å². The first kappa shape index (κ1) is 14.6. The van der Waals surface area contributed by atoms with E-state index in [-0.39, 0.29) is 5.97 Å². The first-order chi connectivity index (χ1) is 8.67. The summed E-state index contributed by atoms with van der Waals surface area (Å²) in [5.41, 5.74) is 1.44. The molecule has 0 amide bonds. The van der Waals surface area contributed by atoms with Crippen molar-refractivity contribution in [3.63, 3.8) is 0 Å². The number of nitrogens with one attached hydrogen (secondary N) is 1. The molecule has 1 aromatic rings. The van der Waals surface area contributed by atoms with E-state index < -0.39 is 0 Å². The Bertz CT molecular complexity index is 365. The van der Waals surface area contributed by atoms with Crippen molar-refractivity contribution in [2.45, 2.75) is 13.0 Å². The quantitative estimate of drug-likeness (QED) is 0.576. The van der Waals surface area contributed by atoms with Crippen molar-refractivity contribution in [2.75, 3.05) is 34.3 Å². The highest BCUT2D eigenvalue weighted by atomic mass is 16.5. The highest BCUT2D eigenvalue weighted by Gasteiger charge is 2.06. The first-order valence-electron chi connectivity index (χ1n) is 6.03. The summed E-state index contributed by atoms with van der Waals surface area (Å²) in [6.07, 6.45) is 2.66. The van der Waals surface area contributed by atoms with Crippen LogP contribution in [0.25, 0.3) is 0 Å². The smallest absolute Gasteiger partial charge is 0.339 e. The van der Waals surface area contributed by atoms with Gasteiger partial charge >= 0.3 is 5.97 Å². The minimum atomic E-state index is -0.351. The van der Waals surface area contributed by atoms with Crippen LogP contribution < -0.4 is 5.32 Å². The zero-order chi connectivity index (χ0) is 13.4. The van der Waals surface area contributed by atoms with E-state index in [2.05, 4.69) is 27.0 Å². The van der Waals surface area contributed by atoms with Gasteiger partial charge in [0.25, 0.3) is 0 Å². The summed E-state index contributed by atoms with van der Waals surface area (Å²) in [7, 11) is 5.38. The largest absolute Gasteiger partial charge is 0.465 e. The van der Waals surface area contributed by atoms with E-state index in [1.807, 2.05) is 13.1 Å². The molecule has 0 fully saturated rings. The summed E-state index contributed by atoms with van der Waals surface area (Å²) in [5, 5.41) is 3.12. The van der Waals surface area contributed by atoms with E-state index in [1.54, 1.807) is 12.3 Å². The van der Waals surface area contributed by atoms with Crippen molar-refractivity contribution in [2.24, 2.45) is 0 Å². The third-order valence-corrected chi connectivity index (χ3v) is 2.64. The molecule has 0 aliphatic rings. The van der Waals surface area contributed by atoms with Crippen LogP contribution in [0.4, 0.5) is 0 Å². The Morgan fingerprint density at radius 3 is 2.83 bits per heavy atom. The number of aromatic nitrogens is 1. The van der Waals surface area contributed by atoms with Crippen LogP contribution >= 0.6 is 0 Å². The number of hydrogen-bond acceptors (Lipinski definition) is 5. The van der Waals surface area contributed by atoms with E-state index in [0.717, 1.165) is 31.7 Å². The monoisotopic (exact) mass is 251 g/mol. The molecule has 0 bridgehead atoms. The van der Waals surface area contributed by atoms with Crippen LogP contribution in [-0.4, -0.2) is 50.1 Å². The van der Waals surface area contributed by atoms with Crippen LogP contribution in [0.5, 0.6) is 0 Å². The van der Waals surface area contributed by atoms with Gasteiger partial charge in [-0.1, -0.05) is 0 Å². The number of nitrogens with zero attached hydrogens (tertiary/aromatic N) is 2. The number of ether oxygens (including phenoxy) is 1. The van der Waals surface area contributed by atoms with Crippen LogP contribution in [-0.2, 0) is 11.3 Å². The fourth-order valence-corrected chi connectivity index (χ4v) is 1.64. The minimum absolute atomic E-state index is 0.351. The molecule has 0 unspecified atom stereocenters. The standard InChI is InChI=1S/C13H21N3O2/c1-14-7-4-8-16(2)10-12-6-5-11(9-15-12)13(17)18-3/h5-6,9,14H,4,7-8,10H2,1-3H3. The molecule has 18 heavy (non-hydrogen) atoms. The second kappa shape index (κ2) is 7.79. The Morgan fingerprint density at radius 2 is 2.28 bits per heavy atom. The maximum Gasteiger partial charge on any atom is 0.339 e. The van der Waals surface area contributed by atoms with E-state index in [1.165, 1.54) is 7.11 Å². The van der Waals surface area contributed by atoms with Crippen LogP contribution in [0, 0.1) is 0 Å². The van der Waals surface area contributed by atoms with Gasteiger partial charge in [-0.3, -0.25) is 4.98 Å². The molecular formula is C13H21N3O2. The molecule has 0 aromatic carbocycles. The van der Waals surface area contributed by atoms with Gasteiger partial charge in [0.2, 0.25) is 0 Å². The molecule has 5 nitrogen and oxygen atoms in total. The molecular weight excluding hydrogens is 230 g/mol. The summed E-state index contributed by atoms with van der Waals surface area (Å²) >= 11 is 0. The Balaban J connectivity index is 2.45. The van der Waals surface area contributed by atoms with Crippen molar-refractivity contribution in [3.8, 4) is 0 Å². The molecule has 0 aliphatic carbocycles. The molecule has 0 saturated heterocycles. The molecule has 0 radical (unpaired) electrons. The summed E-state index contributed by atoms with van der Waals surface area (Å²) in [6, 6.07) is 3.61. The molecule has 1 rings (SSSR count). The predicted molar refractivity (Wildman–Crippen MR) is 70.5 cm³/mol. The Morgan fingerprint density at radius 1 is 1.50 bits per heavy atom. The van der Waals surface area contributed by atoms with Gasteiger partial charge in [0, 0.05) is 12.7 Å². The second-order valence-electron chi connectivity index (χ2n) is 4.22. The van der Waals surface area contributed by atoms with Crippen molar-refractivity contribution >= 4 is 5.97 Å². The fourth-order valence-electron chi connectivity index (χ4n) is 1.64. The summed E-state index contributed by atoms with van der Waals surface area (Å²) in [5.74, 6) is -0.351. The van der Waals surface area contributed by atoms with E-state index in [4.69, 9.17) is 0 Å². The highest BCUT2D eigenvalue weighted by molar-refractivity contribution is 5.88. The maximum absolute atomic E-state index is 11.2. The van der Waals surface area contributed by atoms with Crippen LogP contribution in [0.2, 0.25) is 0 Å². The van der Waals surface area contributed by atoms with E-state index in [9.17, 15) is 4.79 Å². The van der Waals surface area contributed by atoms with Crippen molar-refractivity contribution in [3.05, 3.63) is 29.6 Å². The zero-order valence-corrected chi connectivity index (χ0v) is 11.3. The third kappa shape index (κ3) is 4.81. The molecule has 1 heterocycles. The molecule has 0 aliphatic heterocycles. The summed E-state index contributed by atoms with van der Waals surface area (Å²) in [6.45, 7) is 2.81. The minimum Gasteiger partial charge on any atom is -0.465 e. The Hall–Kier alpha value is -1.46. The van der Waals surface area contributed by atoms with Gasteiger partial charge in [0.1, 0.15) is 0 Å². The molecule has 5 heteroatoms. The van der Waals surface area contributed by atoms with Gasteiger partial charge in [0.15, 0.2) is 0 Å². The average Bonchev–Trinajstić information content (AvgIpc) is 2.39. The SMILES string of the molecule is CNCCCN(C)Cc1ccc(C(=O)OC)cn1. The Kier molecular flexibility index (Phi) is 6.32. The molecule has 1 aromatic heterocycles. The summed E-state index contributed by atoms with van der Waals surface area (Å²) in [4.78, 5) is 17.7. The first-order valence-corrected chi connectivity index (χ1v) is 6.03. The van der Waals surface area contributed by atoms with Crippen LogP contribution in [0.1, 0.15) is 22.5 Å². The topological polar surface area (TPSA) is 54.5 Å². The average molecular weight is 251 g/mol. The van der Waals surface area contributed by atoms with Crippen molar-refractivity contribution < 1.29 is 9.53 Å². The van der Waals surface area contributed by atoms with E-state index in [0.29, 0.717) is 5.56 Å². The van der Waals surface area contributed by atoms with Crippen LogP contribution in [0.15, 0.2) is 18.3 Å². The number of carbonyl (C=O) groups is 1. The lowest BCUT2D eigenvalue weighted by atomic mass is 10.2. The molecule has 1 N–H and O–H groups in total. The van der Waals surface area contributed by atoms with Gasteiger partial charge in [-0.25, -0.2) is 4.79 Å². The molecule has 0 spiro atoms. The van der Waals surface area contributed by atoms with Gasteiger partial charge < -0.3 is 15.0 Å². The van der Waals surface area contributed by atoms with Crippen molar-refractivity contribution in [1.29, 1.82) is 0 Å². The molecule has 0 saturated carbocycles. The number of esters is 1. The zero-order valence-electron chi connectivity index (χ0n) is 11.3. The number of rotatable bonds is 7. The maximum atomic E-state index is 11.2. The number of carbonyl (C=O) groups excluding carboxylic acids is 1. The normalized spacial score (nSPS) is 10.7. The van der Waals surface area contributed by atoms with E-state index >= 15 is 0 Å². The van der Waals surface area contributed by atoms with Gasteiger partial charge in [-0.2, -0.15) is 0 Å². The van der Waals surface area contributed by atoms with Gasteiger partial charge in [-0.05, 0) is 45.7 Å². The second-order valence-corrected chi connectivity index (χ2v) is 4.22. The van der Waals surface area contributed by atoms with Gasteiger partial charge in [-0.15, -0.1) is 0 Å². The summed E-state index contributed by atoms with van der Waals surface area (Å²) < 4.78 is 4.63. The number of methoxy groups -OCH3 is 1. The molecule has 0 atom stereocenters. The lowest BCUT2D eigenvalue weighted by molar-refractivity contribution is 0.0600. The lowest BCUT2D eigenvalue weighted by Crippen LogP contribution is -2.22. The molecule has 100 valence electrons. The van der Waals surface area contributed by atoms with Crippen molar-refractivity contribution in [1.82, 2.24) is 15.2 Å². The lowest BCUT2D eigenvalue weighted by Gasteiger charge is -2.15. The van der Waals surface area contributed by atoms with Gasteiger partial charge in [0.05, 0.1) is 18.4 Å². The number of hydrogen-bond donors (Lipinski definition) is 1. The number of pyridine rings is 1. The predicted octanol–water partition coefficient (Wildman–Crippen LogP) is 0.909.